The van der Waals surface area contributed by atoms with Gasteiger partial charge in [-0.15, -0.1) is 0 Å². The van der Waals surface area contributed by atoms with Crippen LogP contribution in [-0.4, -0.2) is 62.7 Å². The van der Waals surface area contributed by atoms with Crippen LogP contribution in [0.1, 0.15) is 30.1 Å². The lowest BCUT2D eigenvalue weighted by Gasteiger charge is -2.39. The van der Waals surface area contributed by atoms with E-state index in [0.29, 0.717) is 17.7 Å². The molecule has 28 heavy (non-hydrogen) atoms. The van der Waals surface area contributed by atoms with Crippen molar-refractivity contribution < 1.29 is 14.6 Å². The van der Waals surface area contributed by atoms with Crippen molar-refractivity contribution in [2.45, 2.75) is 24.4 Å². The number of carbonyl (C=O) groups is 1. The van der Waals surface area contributed by atoms with Crippen molar-refractivity contribution in [3.63, 3.8) is 0 Å². The number of benzene rings is 2. The number of ether oxygens (including phenoxy) is 1. The molecule has 0 aliphatic heterocycles. The van der Waals surface area contributed by atoms with Gasteiger partial charge in [-0.3, -0.25) is 4.79 Å². The van der Waals surface area contributed by atoms with Gasteiger partial charge in [0.15, 0.2) is 0 Å². The first-order chi connectivity index (χ1) is 13.3. The monoisotopic (exact) mass is 384 g/mol. The molecule has 2 rings (SSSR count). The zero-order chi connectivity index (χ0) is 20.7. The molecule has 2 atom stereocenters. The number of aliphatic hydroxyl groups excluding tert-OH is 1. The third-order valence-electron chi connectivity index (χ3n) is 5.15. The quantitative estimate of drug-likeness (QED) is 0.722. The number of likely N-dealkylation sites (N-methyl/N-ethyl adjacent to an activating group) is 1. The van der Waals surface area contributed by atoms with Crippen LogP contribution in [0.5, 0.6) is 5.75 Å². The molecule has 0 aliphatic carbocycles. The number of hydrogen-bond acceptors (Lipinski definition) is 4. The van der Waals surface area contributed by atoms with Crippen molar-refractivity contribution in [1.29, 1.82) is 0 Å². The van der Waals surface area contributed by atoms with E-state index in [9.17, 15) is 9.90 Å². The topological polar surface area (TPSA) is 53.0 Å². The minimum Gasteiger partial charge on any atom is -0.497 e. The number of carbonyl (C=O) groups excluding carboxylic acids is 1. The summed E-state index contributed by atoms with van der Waals surface area (Å²) in [6.07, 6.45) is 0.353. The molecule has 152 valence electrons. The van der Waals surface area contributed by atoms with Gasteiger partial charge in [0.2, 0.25) is 5.91 Å². The number of hydrogen-bond donors (Lipinski definition) is 1. The first kappa shape index (κ1) is 21.9. The molecule has 1 amide bonds. The predicted molar refractivity (Wildman–Crippen MR) is 113 cm³/mol. The van der Waals surface area contributed by atoms with Crippen LogP contribution in [0, 0.1) is 0 Å². The van der Waals surface area contributed by atoms with Gasteiger partial charge in [0, 0.05) is 14.1 Å². The average Bonchev–Trinajstić information content (AvgIpc) is 2.71. The molecule has 5 heteroatoms. The molecule has 1 N–H and O–H groups in total. The fourth-order valence-corrected chi connectivity index (χ4v) is 3.67. The van der Waals surface area contributed by atoms with Crippen LogP contribution in [0.4, 0.5) is 0 Å². The second-order valence-corrected chi connectivity index (χ2v) is 7.62. The smallest absolute Gasteiger partial charge is 0.235 e. The molecule has 0 saturated carbocycles. The number of amides is 1. The maximum Gasteiger partial charge on any atom is 0.235 e. The fraction of sp³-hybridized carbons (Fsp3) is 0.435. The highest BCUT2D eigenvalue weighted by Crippen LogP contribution is 2.43. The van der Waals surface area contributed by atoms with Crippen molar-refractivity contribution in [1.82, 2.24) is 9.80 Å². The molecule has 0 spiro atoms. The Balaban J connectivity index is 2.57. The summed E-state index contributed by atoms with van der Waals surface area (Å²) in [5.74, 6) is 0.619. The normalized spacial score (nSPS) is 14.4. The highest BCUT2D eigenvalue weighted by Gasteiger charge is 2.47. The summed E-state index contributed by atoms with van der Waals surface area (Å²) in [5, 5.41) is 11.5. The van der Waals surface area contributed by atoms with Gasteiger partial charge in [0.05, 0.1) is 13.2 Å². The standard InChI is InChI=1S/C23H32N2O3/c1-24(2)17-9-16-23(22(27)25(3)4,19-10-7-6-8-11-19)21(26)18-12-14-20(28-5)15-13-18/h6-8,10-15,21,26H,9,16-17H2,1-5H3. The molecule has 0 saturated heterocycles. The van der Waals surface area contributed by atoms with Crippen molar-refractivity contribution in [2.75, 3.05) is 41.8 Å². The highest BCUT2D eigenvalue weighted by atomic mass is 16.5. The third-order valence-corrected chi connectivity index (χ3v) is 5.15. The molecule has 0 radical (unpaired) electrons. The van der Waals surface area contributed by atoms with Crippen LogP contribution in [-0.2, 0) is 10.2 Å². The molecule has 0 bridgehead atoms. The Bertz CT molecular complexity index is 744. The largest absolute Gasteiger partial charge is 0.497 e. The zero-order valence-electron chi connectivity index (χ0n) is 17.6. The van der Waals surface area contributed by atoms with E-state index in [2.05, 4.69) is 4.90 Å². The van der Waals surface area contributed by atoms with Gasteiger partial charge >= 0.3 is 0 Å². The lowest BCUT2D eigenvalue weighted by molar-refractivity contribution is -0.140. The zero-order valence-corrected chi connectivity index (χ0v) is 17.6. The number of rotatable bonds is 9. The van der Waals surface area contributed by atoms with E-state index in [1.165, 1.54) is 0 Å². The van der Waals surface area contributed by atoms with Crippen molar-refractivity contribution in [2.24, 2.45) is 0 Å². The Morgan fingerprint density at radius 3 is 2.14 bits per heavy atom. The molecular formula is C23H32N2O3. The van der Waals surface area contributed by atoms with Crippen LogP contribution < -0.4 is 4.74 Å². The highest BCUT2D eigenvalue weighted by molar-refractivity contribution is 5.89. The summed E-state index contributed by atoms with van der Waals surface area (Å²) in [6.45, 7) is 0.838. The number of nitrogens with zero attached hydrogens (tertiary/aromatic N) is 2. The summed E-state index contributed by atoms with van der Waals surface area (Å²) in [6, 6.07) is 16.9. The van der Waals surface area contributed by atoms with Gasteiger partial charge in [-0.05, 0) is 56.7 Å². The lowest BCUT2D eigenvalue weighted by atomic mass is 9.69. The predicted octanol–water partition coefficient (Wildman–Crippen LogP) is 3.10. The Kier molecular flexibility index (Phi) is 7.61. The molecule has 0 fully saturated rings. The van der Waals surface area contributed by atoms with E-state index in [4.69, 9.17) is 4.74 Å². The number of aliphatic hydroxyl groups is 1. The molecule has 0 aliphatic rings. The molecular weight excluding hydrogens is 352 g/mol. The van der Waals surface area contributed by atoms with Crippen LogP contribution in [0.25, 0.3) is 0 Å². The van der Waals surface area contributed by atoms with Gasteiger partial charge in [-0.2, -0.15) is 0 Å². The lowest BCUT2D eigenvalue weighted by Crippen LogP contribution is -2.48. The van der Waals surface area contributed by atoms with Gasteiger partial charge in [0.25, 0.3) is 0 Å². The van der Waals surface area contributed by atoms with Gasteiger partial charge in [-0.25, -0.2) is 0 Å². The maximum absolute atomic E-state index is 13.5. The fourth-order valence-electron chi connectivity index (χ4n) is 3.67. The summed E-state index contributed by atoms with van der Waals surface area (Å²) in [5.41, 5.74) is 0.468. The van der Waals surface area contributed by atoms with E-state index in [1.807, 2.05) is 68.7 Å². The Morgan fingerprint density at radius 1 is 1.04 bits per heavy atom. The Labute approximate surface area is 168 Å². The van der Waals surface area contributed by atoms with Crippen molar-refractivity contribution in [3.8, 4) is 5.75 Å². The molecule has 0 heterocycles. The molecule has 2 unspecified atom stereocenters. The van der Waals surface area contributed by atoms with Crippen LogP contribution in [0.2, 0.25) is 0 Å². The van der Waals surface area contributed by atoms with Crippen molar-refractivity contribution in [3.05, 3.63) is 65.7 Å². The molecule has 2 aromatic carbocycles. The van der Waals surface area contributed by atoms with Crippen LogP contribution >= 0.6 is 0 Å². The van der Waals surface area contributed by atoms with Crippen molar-refractivity contribution >= 4 is 5.91 Å². The minimum absolute atomic E-state index is 0.0965. The first-order valence-electron chi connectivity index (χ1n) is 9.57. The Morgan fingerprint density at radius 2 is 1.64 bits per heavy atom. The second kappa shape index (κ2) is 9.71. The maximum atomic E-state index is 13.5. The third kappa shape index (κ3) is 4.72. The summed E-state index contributed by atoms with van der Waals surface area (Å²) in [4.78, 5) is 17.2. The molecule has 2 aromatic rings. The van der Waals surface area contributed by atoms with Gasteiger partial charge in [-0.1, -0.05) is 42.5 Å². The van der Waals surface area contributed by atoms with Gasteiger partial charge < -0.3 is 19.6 Å². The van der Waals surface area contributed by atoms with E-state index in [-0.39, 0.29) is 5.91 Å². The number of methoxy groups -OCH3 is 1. The Hall–Kier alpha value is -2.37. The summed E-state index contributed by atoms with van der Waals surface area (Å²) in [7, 11) is 9.12. The van der Waals surface area contributed by atoms with E-state index in [1.54, 1.807) is 26.1 Å². The van der Waals surface area contributed by atoms with E-state index < -0.39 is 11.5 Å². The molecule has 5 nitrogen and oxygen atoms in total. The van der Waals surface area contributed by atoms with Gasteiger partial charge in [0.1, 0.15) is 11.2 Å². The summed E-state index contributed by atoms with van der Waals surface area (Å²) >= 11 is 0. The van der Waals surface area contributed by atoms with E-state index in [0.717, 1.165) is 18.5 Å². The van der Waals surface area contributed by atoms with E-state index >= 15 is 0 Å². The minimum atomic E-state index is -1.06. The second-order valence-electron chi connectivity index (χ2n) is 7.62. The van der Waals surface area contributed by atoms with Crippen LogP contribution in [0.15, 0.2) is 54.6 Å². The summed E-state index contributed by atoms with van der Waals surface area (Å²) < 4.78 is 5.23. The van der Waals surface area contributed by atoms with Crippen LogP contribution in [0.3, 0.4) is 0 Å². The first-order valence-corrected chi connectivity index (χ1v) is 9.57. The average molecular weight is 385 g/mol. The SMILES string of the molecule is COc1ccc(C(O)C(CCCN(C)C)(C(=O)N(C)C)c2ccccc2)cc1. The molecule has 0 aromatic heterocycles.